The molecule has 0 unspecified atom stereocenters. The van der Waals surface area contributed by atoms with Gasteiger partial charge >= 0.3 is 0 Å². The summed E-state index contributed by atoms with van der Waals surface area (Å²) in [5.41, 5.74) is 4.36. The molecule has 47 heavy (non-hydrogen) atoms. The third-order valence-electron chi connectivity index (χ3n) is 9.69. The van der Waals surface area contributed by atoms with E-state index in [1.165, 1.54) is 11.8 Å². The molecule has 0 heterocycles. The molecule has 0 spiro atoms. The molecule has 4 atom stereocenters. The number of nitrogens with two attached hydrogens (primary N) is 1. The number of benzene rings is 2. The van der Waals surface area contributed by atoms with Gasteiger partial charge in [0.25, 0.3) is 5.91 Å². The normalized spacial score (nSPS) is 23.8. The predicted octanol–water partition coefficient (Wildman–Crippen LogP) is 1.98. The number of aromatic hydroxyl groups is 1. The van der Waals surface area contributed by atoms with Crippen molar-refractivity contribution in [3.8, 4) is 5.75 Å². The molecule has 1 fully saturated rings. The van der Waals surface area contributed by atoms with Crippen LogP contribution in [0.4, 0.5) is 5.69 Å². The number of aliphatic hydroxyl groups is 3. The Balaban J connectivity index is 1.54. The third-order valence-corrected chi connectivity index (χ3v) is 9.69. The van der Waals surface area contributed by atoms with Crippen LogP contribution in [0, 0.1) is 11.8 Å². The van der Waals surface area contributed by atoms with E-state index in [0.29, 0.717) is 22.4 Å². The first-order valence-corrected chi connectivity index (χ1v) is 15.3. The minimum absolute atomic E-state index is 0.0109. The number of amides is 1. The number of carbonyl (C=O) groups excluding carboxylic acids is 5. The summed E-state index contributed by atoms with van der Waals surface area (Å²) in [6.45, 7) is 1.46. The van der Waals surface area contributed by atoms with Crippen molar-refractivity contribution < 1.29 is 44.4 Å². The van der Waals surface area contributed by atoms with Gasteiger partial charge < -0.3 is 31.1 Å². The molecule has 1 amide bonds. The van der Waals surface area contributed by atoms with Crippen molar-refractivity contribution in [3.05, 3.63) is 75.1 Å². The Bertz CT molecular complexity index is 1790. The van der Waals surface area contributed by atoms with Crippen LogP contribution < -0.4 is 10.6 Å². The zero-order valence-corrected chi connectivity index (χ0v) is 27.0. The van der Waals surface area contributed by atoms with Gasteiger partial charge in [-0.05, 0) is 69.0 Å². The summed E-state index contributed by atoms with van der Waals surface area (Å²) in [7, 11) is 6.66. The number of aryl methyl sites for hydroxylation is 1. The van der Waals surface area contributed by atoms with Crippen molar-refractivity contribution in [2.45, 2.75) is 50.7 Å². The largest absolute Gasteiger partial charge is 0.508 e. The Labute approximate surface area is 271 Å². The number of ketones is 4. The number of hydrogen-bond acceptors (Lipinski definition) is 11. The van der Waals surface area contributed by atoms with Crippen LogP contribution in [0.3, 0.4) is 0 Å². The van der Waals surface area contributed by atoms with E-state index in [1.54, 1.807) is 63.4 Å². The Morgan fingerprint density at radius 2 is 1.66 bits per heavy atom. The summed E-state index contributed by atoms with van der Waals surface area (Å²) in [5.74, 6) is -7.29. The first kappa shape index (κ1) is 33.6. The maximum absolute atomic E-state index is 14.2. The minimum atomic E-state index is -2.73. The molecule has 3 aliphatic carbocycles. The molecule has 0 aliphatic heterocycles. The van der Waals surface area contributed by atoms with Crippen molar-refractivity contribution in [3.63, 3.8) is 0 Å². The van der Waals surface area contributed by atoms with Crippen molar-refractivity contribution in [2.24, 2.45) is 17.6 Å². The fraction of sp³-hybridized carbons (Fsp3) is 0.400. The van der Waals surface area contributed by atoms with E-state index in [0.717, 1.165) is 5.56 Å². The lowest BCUT2D eigenvalue weighted by molar-refractivity contribution is -0.153. The first-order chi connectivity index (χ1) is 22.0. The Morgan fingerprint density at radius 3 is 2.21 bits per heavy atom. The van der Waals surface area contributed by atoms with E-state index < -0.39 is 58.0 Å². The molecule has 6 N–H and O–H groups in total. The molecule has 12 heteroatoms. The summed E-state index contributed by atoms with van der Waals surface area (Å²) >= 11 is 0. The van der Waals surface area contributed by atoms with Crippen molar-refractivity contribution in [2.75, 3.05) is 33.1 Å². The van der Waals surface area contributed by atoms with Gasteiger partial charge in [-0.15, -0.1) is 0 Å². The lowest BCUT2D eigenvalue weighted by atomic mass is 9.57. The average molecular weight is 646 g/mol. The molecule has 12 nitrogen and oxygen atoms in total. The fourth-order valence-electron chi connectivity index (χ4n) is 7.38. The number of hydrogen-bond donors (Lipinski definition) is 5. The van der Waals surface area contributed by atoms with Gasteiger partial charge in [0.2, 0.25) is 5.78 Å². The topological polar surface area (TPSA) is 199 Å². The maximum Gasteiger partial charge on any atom is 0.255 e. The predicted molar refractivity (Wildman–Crippen MR) is 172 cm³/mol. The van der Waals surface area contributed by atoms with Gasteiger partial charge in [0, 0.05) is 49.7 Å². The number of nitrogens with zero attached hydrogens (tertiary/aromatic N) is 2. The number of fused-ring (bicyclic) bond motifs is 3. The number of primary amides is 1. The van der Waals surface area contributed by atoms with E-state index in [2.05, 4.69) is 0 Å². The highest BCUT2D eigenvalue weighted by Gasteiger charge is 2.64. The second kappa shape index (κ2) is 12.1. The molecule has 2 aromatic carbocycles. The summed E-state index contributed by atoms with van der Waals surface area (Å²) < 4.78 is 0. The molecule has 2 aromatic rings. The summed E-state index contributed by atoms with van der Waals surface area (Å²) in [5, 5.41) is 46.1. The van der Waals surface area contributed by atoms with E-state index in [-0.39, 0.29) is 60.6 Å². The van der Waals surface area contributed by atoms with Crippen LogP contribution in [0.5, 0.6) is 5.75 Å². The Hall–Kier alpha value is -4.81. The van der Waals surface area contributed by atoms with Crippen LogP contribution in [-0.4, -0.2) is 94.2 Å². The van der Waals surface area contributed by atoms with Gasteiger partial charge in [-0.3, -0.25) is 28.9 Å². The molecule has 0 saturated heterocycles. The maximum atomic E-state index is 14.2. The molecular weight excluding hydrogens is 606 g/mol. The minimum Gasteiger partial charge on any atom is -0.508 e. The number of likely N-dealkylation sites (N-methyl/N-ethyl adjacent to an activating group) is 1. The summed E-state index contributed by atoms with van der Waals surface area (Å²) in [6, 6.07) is 7.34. The van der Waals surface area contributed by atoms with Crippen LogP contribution in [0.2, 0.25) is 0 Å². The van der Waals surface area contributed by atoms with Crippen LogP contribution in [0.15, 0.2) is 47.2 Å². The van der Waals surface area contributed by atoms with Crippen molar-refractivity contribution >= 4 is 40.5 Å². The van der Waals surface area contributed by atoms with Gasteiger partial charge in [-0.1, -0.05) is 24.3 Å². The number of anilines is 1. The molecule has 0 bridgehead atoms. The van der Waals surface area contributed by atoms with E-state index in [9.17, 15) is 44.4 Å². The Kier molecular flexibility index (Phi) is 8.63. The van der Waals surface area contributed by atoms with Crippen LogP contribution in [0.1, 0.15) is 52.4 Å². The number of carbonyl (C=O) groups is 5. The lowest BCUT2D eigenvalue weighted by Gasteiger charge is -2.50. The van der Waals surface area contributed by atoms with Gasteiger partial charge in [0.15, 0.2) is 17.2 Å². The summed E-state index contributed by atoms with van der Waals surface area (Å²) in [4.78, 5) is 67.4. The third kappa shape index (κ3) is 5.40. The molecule has 0 radical (unpaired) electrons. The second-order valence-electron chi connectivity index (χ2n) is 13.1. The highest BCUT2D eigenvalue weighted by molar-refractivity contribution is 6.24. The monoisotopic (exact) mass is 645 g/mol. The number of phenolic OH excluding ortho intramolecular Hbond substituents is 1. The Morgan fingerprint density at radius 1 is 1.02 bits per heavy atom. The van der Waals surface area contributed by atoms with Gasteiger partial charge in [0.05, 0.1) is 11.6 Å². The van der Waals surface area contributed by atoms with E-state index in [4.69, 9.17) is 5.73 Å². The molecule has 1 saturated carbocycles. The standard InChI is InChI=1S/C35H39N3O9/c1-16(39)18-8-6-17(7-9-18)12-21(40)11-10-19-15-24(37(2)3)22-13-20-14-23-28(38(4)5)31(43)27(34(36)46)33(45)35(23,47)32(44)25(20)30(42)26(22)29(19)41/h6-9,15,20,23,28,41-42,45,47H,10-14H2,1-5H3,(H2,36,46)/t20-,23+,28+,35+/m1/s1. The van der Waals surface area contributed by atoms with Crippen LogP contribution in [0.25, 0.3) is 5.76 Å². The van der Waals surface area contributed by atoms with Crippen molar-refractivity contribution in [1.82, 2.24) is 4.90 Å². The van der Waals surface area contributed by atoms with Gasteiger partial charge in [-0.2, -0.15) is 0 Å². The lowest BCUT2D eigenvalue weighted by Crippen LogP contribution is -2.65. The van der Waals surface area contributed by atoms with Gasteiger partial charge in [0.1, 0.15) is 28.6 Å². The molecule has 3 aliphatic rings. The fourth-order valence-corrected chi connectivity index (χ4v) is 7.38. The second-order valence-corrected chi connectivity index (χ2v) is 13.1. The number of rotatable bonds is 9. The van der Waals surface area contributed by atoms with Crippen LogP contribution >= 0.6 is 0 Å². The first-order valence-electron chi connectivity index (χ1n) is 15.3. The van der Waals surface area contributed by atoms with E-state index >= 15 is 0 Å². The molecule has 248 valence electrons. The highest BCUT2D eigenvalue weighted by atomic mass is 16.3. The highest BCUT2D eigenvalue weighted by Crippen LogP contribution is 2.54. The zero-order valence-electron chi connectivity index (χ0n) is 27.0. The van der Waals surface area contributed by atoms with Crippen LogP contribution in [-0.2, 0) is 38.4 Å². The average Bonchev–Trinajstić information content (AvgIpc) is 2.98. The SMILES string of the molecule is CC(=O)c1ccc(CC(=O)CCc2cc(N(C)C)c3c(c2O)C(O)=C2C(=O)[C@]4(O)C(O)=C(C(N)=O)C(=O)[C@@H](N(C)C)[C@@H]4C[C@H]2C3)cc1. The summed E-state index contributed by atoms with van der Waals surface area (Å²) in [6.07, 6.45) is 0.446. The number of aliphatic hydroxyl groups excluding tert-OH is 2. The number of phenols is 1. The smallest absolute Gasteiger partial charge is 0.255 e. The molecule has 0 aromatic heterocycles. The molecular formula is C35H39N3O9. The number of Topliss-reactive ketones (excluding diaryl/α,β-unsaturated/α-hetero) is 4. The van der Waals surface area contributed by atoms with E-state index in [1.807, 2.05) is 0 Å². The van der Waals surface area contributed by atoms with Crippen molar-refractivity contribution in [1.29, 1.82) is 0 Å². The zero-order chi connectivity index (χ0) is 34.7. The van der Waals surface area contributed by atoms with Gasteiger partial charge in [-0.25, -0.2) is 0 Å². The quantitative estimate of drug-likeness (QED) is 0.197. The molecule has 5 rings (SSSR count).